The number of amides is 1. The Kier molecular flexibility index (Phi) is 4.62. The van der Waals surface area contributed by atoms with Crippen LogP contribution in [0.1, 0.15) is 22.0 Å². The summed E-state index contributed by atoms with van der Waals surface area (Å²) >= 11 is 12.0. The Bertz CT molecular complexity index is 679. The van der Waals surface area contributed by atoms with Gasteiger partial charge in [0.1, 0.15) is 6.10 Å². The number of hydrogen-bond acceptors (Lipinski definition) is 3. The summed E-state index contributed by atoms with van der Waals surface area (Å²) in [6, 6.07) is 8.70. The monoisotopic (exact) mass is 336 g/mol. The Morgan fingerprint density at radius 1 is 1.32 bits per heavy atom. The number of rotatable bonds is 2. The quantitative estimate of drug-likeness (QED) is 0.841. The van der Waals surface area contributed by atoms with Crippen LogP contribution in [-0.2, 0) is 4.74 Å². The van der Waals surface area contributed by atoms with Crippen molar-refractivity contribution in [1.29, 1.82) is 0 Å². The maximum atomic E-state index is 12.6. The highest BCUT2D eigenvalue weighted by Crippen LogP contribution is 2.26. The fourth-order valence-electron chi connectivity index (χ4n) is 2.44. The van der Waals surface area contributed by atoms with E-state index in [2.05, 4.69) is 4.98 Å². The first kappa shape index (κ1) is 15.3. The molecule has 2 heterocycles. The first-order valence-electron chi connectivity index (χ1n) is 6.91. The first-order chi connectivity index (χ1) is 10.6. The van der Waals surface area contributed by atoms with E-state index in [4.69, 9.17) is 27.9 Å². The van der Waals surface area contributed by atoms with Crippen molar-refractivity contribution in [3.63, 3.8) is 0 Å². The molecule has 0 saturated carbocycles. The SMILES string of the molecule is O=C(c1ccc(Cl)cc1Cl)N1CCO[C@@H](c2cccnc2)C1. The van der Waals surface area contributed by atoms with Crippen molar-refractivity contribution in [2.75, 3.05) is 19.7 Å². The highest BCUT2D eigenvalue weighted by molar-refractivity contribution is 6.36. The molecule has 1 aliphatic heterocycles. The van der Waals surface area contributed by atoms with Crippen molar-refractivity contribution in [3.8, 4) is 0 Å². The molecule has 114 valence electrons. The maximum absolute atomic E-state index is 12.6. The second-order valence-corrected chi connectivity index (χ2v) is 5.86. The van der Waals surface area contributed by atoms with Gasteiger partial charge in [0.2, 0.25) is 0 Å². The van der Waals surface area contributed by atoms with Gasteiger partial charge in [-0.25, -0.2) is 0 Å². The zero-order chi connectivity index (χ0) is 15.5. The summed E-state index contributed by atoms with van der Waals surface area (Å²) in [4.78, 5) is 18.5. The van der Waals surface area contributed by atoms with Crippen LogP contribution >= 0.6 is 23.2 Å². The Morgan fingerprint density at radius 3 is 2.91 bits per heavy atom. The summed E-state index contributed by atoms with van der Waals surface area (Å²) in [7, 11) is 0. The van der Waals surface area contributed by atoms with Crippen LogP contribution < -0.4 is 0 Å². The summed E-state index contributed by atoms with van der Waals surface area (Å²) in [6.45, 7) is 1.49. The Labute approximate surface area is 138 Å². The lowest BCUT2D eigenvalue weighted by Crippen LogP contribution is -2.42. The molecule has 22 heavy (non-hydrogen) atoms. The summed E-state index contributed by atoms with van der Waals surface area (Å²) < 4.78 is 5.74. The van der Waals surface area contributed by atoms with E-state index in [1.807, 2.05) is 12.1 Å². The van der Waals surface area contributed by atoms with Gasteiger partial charge in [-0.05, 0) is 24.3 Å². The molecule has 4 nitrogen and oxygen atoms in total. The van der Waals surface area contributed by atoms with Gasteiger partial charge in [0.15, 0.2) is 0 Å². The van der Waals surface area contributed by atoms with Crippen LogP contribution in [0.5, 0.6) is 0 Å². The lowest BCUT2D eigenvalue weighted by molar-refractivity contribution is -0.0229. The largest absolute Gasteiger partial charge is 0.370 e. The predicted molar refractivity (Wildman–Crippen MR) is 85.3 cm³/mol. The van der Waals surface area contributed by atoms with Crippen LogP contribution in [0.3, 0.4) is 0 Å². The average Bonchev–Trinajstić information content (AvgIpc) is 2.55. The van der Waals surface area contributed by atoms with E-state index in [1.54, 1.807) is 35.5 Å². The van der Waals surface area contributed by atoms with Gasteiger partial charge in [-0.2, -0.15) is 0 Å². The van der Waals surface area contributed by atoms with Crippen LogP contribution in [-0.4, -0.2) is 35.5 Å². The fraction of sp³-hybridized carbons (Fsp3) is 0.250. The lowest BCUT2D eigenvalue weighted by Gasteiger charge is -2.33. The third-order valence-electron chi connectivity index (χ3n) is 3.57. The number of halogens is 2. The molecule has 1 fully saturated rings. The third kappa shape index (κ3) is 3.24. The zero-order valence-electron chi connectivity index (χ0n) is 11.7. The van der Waals surface area contributed by atoms with Gasteiger partial charge < -0.3 is 9.64 Å². The van der Waals surface area contributed by atoms with Gasteiger partial charge in [-0.3, -0.25) is 9.78 Å². The molecule has 3 rings (SSSR count). The molecule has 1 atom stereocenters. The minimum Gasteiger partial charge on any atom is -0.370 e. The van der Waals surface area contributed by atoms with Crippen molar-refractivity contribution >= 4 is 29.1 Å². The lowest BCUT2D eigenvalue weighted by atomic mass is 10.1. The van der Waals surface area contributed by atoms with Crippen LogP contribution in [0, 0.1) is 0 Å². The number of morpholine rings is 1. The van der Waals surface area contributed by atoms with E-state index in [-0.39, 0.29) is 12.0 Å². The predicted octanol–water partition coefficient (Wildman–Crippen LogP) is 3.60. The Hall–Kier alpha value is -1.62. The second-order valence-electron chi connectivity index (χ2n) is 5.02. The van der Waals surface area contributed by atoms with Crippen molar-refractivity contribution < 1.29 is 9.53 Å². The maximum Gasteiger partial charge on any atom is 0.255 e. The molecule has 1 aromatic heterocycles. The minimum atomic E-state index is -0.169. The third-order valence-corrected chi connectivity index (χ3v) is 4.12. The molecule has 2 aromatic rings. The summed E-state index contributed by atoms with van der Waals surface area (Å²) in [5, 5.41) is 0.874. The number of ether oxygens (including phenoxy) is 1. The molecule has 0 N–H and O–H groups in total. The number of aromatic nitrogens is 1. The van der Waals surface area contributed by atoms with E-state index in [9.17, 15) is 4.79 Å². The molecular formula is C16H14Cl2N2O2. The zero-order valence-corrected chi connectivity index (χ0v) is 13.2. The van der Waals surface area contributed by atoms with E-state index >= 15 is 0 Å². The van der Waals surface area contributed by atoms with E-state index in [0.29, 0.717) is 35.3 Å². The molecule has 0 spiro atoms. The van der Waals surface area contributed by atoms with Gasteiger partial charge in [-0.15, -0.1) is 0 Å². The highest BCUT2D eigenvalue weighted by Gasteiger charge is 2.27. The topological polar surface area (TPSA) is 42.4 Å². The molecule has 1 aromatic carbocycles. The van der Waals surface area contributed by atoms with Crippen LogP contribution in [0.2, 0.25) is 10.0 Å². The van der Waals surface area contributed by atoms with Gasteiger partial charge in [0.05, 0.1) is 23.7 Å². The molecule has 6 heteroatoms. The molecule has 1 amide bonds. The molecular weight excluding hydrogens is 323 g/mol. The minimum absolute atomic E-state index is 0.112. The summed E-state index contributed by atoms with van der Waals surface area (Å²) in [5.74, 6) is -0.112. The Balaban J connectivity index is 1.78. The van der Waals surface area contributed by atoms with E-state index < -0.39 is 0 Å². The smallest absolute Gasteiger partial charge is 0.255 e. The van der Waals surface area contributed by atoms with E-state index in [1.165, 1.54) is 0 Å². The number of benzene rings is 1. The number of hydrogen-bond donors (Lipinski definition) is 0. The van der Waals surface area contributed by atoms with Crippen LogP contribution in [0.15, 0.2) is 42.7 Å². The molecule has 1 aliphatic rings. The average molecular weight is 337 g/mol. The second kappa shape index (κ2) is 6.65. The number of carbonyl (C=O) groups excluding carboxylic acids is 1. The van der Waals surface area contributed by atoms with Gasteiger partial charge in [0, 0.05) is 29.5 Å². The number of carbonyl (C=O) groups is 1. The van der Waals surface area contributed by atoms with Crippen molar-refractivity contribution in [2.45, 2.75) is 6.10 Å². The Morgan fingerprint density at radius 2 is 2.18 bits per heavy atom. The standard InChI is InChI=1S/C16H14Cl2N2O2/c17-12-3-4-13(14(18)8-12)16(21)20-6-7-22-15(10-20)11-2-1-5-19-9-11/h1-5,8-9,15H,6-7,10H2/t15-/m1/s1. The molecule has 1 saturated heterocycles. The van der Waals surface area contributed by atoms with Crippen LogP contribution in [0.25, 0.3) is 0 Å². The van der Waals surface area contributed by atoms with Gasteiger partial charge in [-0.1, -0.05) is 29.3 Å². The van der Waals surface area contributed by atoms with Crippen LogP contribution in [0.4, 0.5) is 0 Å². The highest BCUT2D eigenvalue weighted by atomic mass is 35.5. The van der Waals surface area contributed by atoms with Crippen molar-refractivity contribution in [3.05, 3.63) is 63.9 Å². The summed E-state index contributed by atoms with van der Waals surface area (Å²) in [5.41, 5.74) is 1.42. The van der Waals surface area contributed by atoms with Gasteiger partial charge in [0.25, 0.3) is 5.91 Å². The van der Waals surface area contributed by atoms with Crippen molar-refractivity contribution in [1.82, 2.24) is 9.88 Å². The first-order valence-corrected chi connectivity index (χ1v) is 7.66. The van der Waals surface area contributed by atoms with Gasteiger partial charge >= 0.3 is 0 Å². The van der Waals surface area contributed by atoms with Crippen molar-refractivity contribution in [2.24, 2.45) is 0 Å². The number of nitrogens with zero attached hydrogens (tertiary/aromatic N) is 2. The fourth-order valence-corrected chi connectivity index (χ4v) is 2.92. The molecule has 0 radical (unpaired) electrons. The molecule has 0 bridgehead atoms. The summed E-state index contributed by atoms with van der Waals surface area (Å²) in [6.07, 6.45) is 3.30. The normalized spacial score (nSPS) is 18.3. The number of pyridine rings is 1. The molecule has 0 unspecified atom stereocenters. The molecule has 0 aliphatic carbocycles. The van der Waals surface area contributed by atoms with E-state index in [0.717, 1.165) is 5.56 Å².